The van der Waals surface area contributed by atoms with E-state index in [0.29, 0.717) is 28.3 Å². The number of ether oxygens (including phenoxy) is 1. The van der Waals surface area contributed by atoms with Gasteiger partial charge in [-0.05, 0) is 30.2 Å². The van der Waals surface area contributed by atoms with Gasteiger partial charge in [0.2, 0.25) is 0 Å². The smallest absolute Gasteiger partial charge is 0.161 e. The maximum absolute atomic E-state index is 10.4. The summed E-state index contributed by atoms with van der Waals surface area (Å²) in [7, 11) is 0. The summed E-state index contributed by atoms with van der Waals surface area (Å²) in [5.41, 5.74) is 9.40. The van der Waals surface area contributed by atoms with Gasteiger partial charge in [-0.15, -0.1) is 0 Å². The maximum Gasteiger partial charge on any atom is 0.161 e. The second-order valence-corrected chi connectivity index (χ2v) is 6.91. The minimum Gasteiger partial charge on any atom is -0.394 e. The number of fused-ring (bicyclic) bond motifs is 1. The number of halogens is 1. The molecule has 7 nitrogen and oxygen atoms in total. The first-order chi connectivity index (χ1) is 12.5. The first-order valence-corrected chi connectivity index (χ1v) is 8.69. The molecule has 1 fully saturated rings. The van der Waals surface area contributed by atoms with E-state index >= 15 is 0 Å². The van der Waals surface area contributed by atoms with Crippen LogP contribution in [0.2, 0.25) is 5.02 Å². The highest BCUT2D eigenvalue weighted by Crippen LogP contribution is 2.38. The Morgan fingerprint density at radius 2 is 2.19 bits per heavy atom. The standard InChI is InChI=1S/C18H19ClN4O3/c1-9-4-10(2-3-13(9)19)12-6-23(17-15(12)16(20)21-8-22-17)18-14(25)5-11(7-24)26-18/h2-4,6,8,11,14,18,24-25H,5,7H2,1H3,(H2,20,21,22)/t11-,14+,18+/m0/s1. The van der Waals surface area contributed by atoms with Crippen LogP contribution in [0.15, 0.2) is 30.7 Å². The quantitative estimate of drug-likeness (QED) is 0.649. The van der Waals surface area contributed by atoms with Crippen LogP contribution in [-0.2, 0) is 4.74 Å². The van der Waals surface area contributed by atoms with E-state index < -0.39 is 18.4 Å². The number of aliphatic hydroxyl groups excluding tert-OH is 2. The molecule has 26 heavy (non-hydrogen) atoms. The van der Waals surface area contributed by atoms with Crippen LogP contribution in [-0.4, -0.2) is 43.6 Å². The summed E-state index contributed by atoms with van der Waals surface area (Å²) in [5, 5.41) is 21.1. The normalized spacial score (nSPS) is 23.0. The van der Waals surface area contributed by atoms with Gasteiger partial charge >= 0.3 is 0 Å². The van der Waals surface area contributed by atoms with Crippen LogP contribution in [0.4, 0.5) is 5.82 Å². The molecule has 0 aliphatic carbocycles. The molecular weight excluding hydrogens is 356 g/mol. The number of rotatable bonds is 3. The zero-order chi connectivity index (χ0) is 18.4. The molecule has 4 rings (SSSR count). The van der Waals surface area contributed by atoms with Crippen LogP contribution in [0, 0.1) is 6.92 Å². The fraction of sp³-hybridized carbons (Fsp3) is 0.333. The molecular formula is C18H19ClN4O3. The highest BCUT2D eigenvalue weighted by atomic mass is 35.5. The number of benzene rings is 1. The number of nitrogens with zero attached hydrogens (tertiary/aromatic N) is 3. The second kappa shape index (κ2) is 6.51. The van der Waals surface area contributed by atoms with Crippen molar-refractivity contribution < 1.29 is 14.9 Å². The zero-order valence-electron chi connectivity index (χ0n) is 14.1. The van der Waals surface area contributed by atoms with Crippen LogP contribution >= 0.6 is 11.6 Å². The Hall–Kier alpha value is -2.19. The van der Waals surface area contributed by atoms with Crippen molar-refractivity contribution in [3.63, 3.8) is 0 Å². The second-order valence-electron chi connectivity index (χ2n) is 6.51. The first-order valence-electron chi connectivity index (χ1n) is 8.31. The summed E-state index contributed by atoms with van der Waals surface area (Å²) in [6.07, 6.45) is 1.79. The van der Waals surface area contributed by atoms with Crippen molar-refractivity contribution in [3.8, 4) is 11.1 Å². The molecule has 1 aliphatic rings. The number of hydrogen-bond acceptors (Lipinski definition) is 6. The van der Waals surface area contributed by atoms with Gasteiger partial charge in [0.15, 0.2) is 6.23 Å². The molecule has 1 saturated heterocycles. The van der Waals surface area contributed by atoms with E-state index in [-0.39, 0.29) is 6.61 Å². The van der Waals surface area contributed by atoms with Crippen LogP contribution < -0.4 is 5.73 Å². The highest BCUT2D eigenvalue weighted by molar-refractivity contribution is 6.31. The number of aromatic nitrogens is 3. The fourth-order valence-corrected chi connectivity index (χ4v) is 3.55. The number of nitrogens with two attached hydrogens (primary N) is 1. The largest absolute Gasteiger partial charge is 0.394 e. The number of aliphatic hydroxyl groups is 2. The average Bonchev–Trinajstić information content (AvgIpc) is 3.18. The predicted octanol–water partition coefficient (Wildman–Crippen LogP) is 2.28. The topological polar surface area (TPSA) is 106 Å². The Morgan fingerprint density at radius 1 is 1.38 bits per heavy atom. The Labute approximate surface area is 155 Å². The van der Waals surface area contributed by atoms with Gasteiger partial charge in [0.25, 0.3) is 0 Å². The van der Waals surface area contributed by atoms with Gasteiger partial charge in [0, 0.05) is 23.2 Å². The number of hydrogen-bond donors (Lipinski definition) is 3. The van der Waals surface area contributed by atoms with Gasteiger partial charge in [0.1, 0.15) is 23.9 Å². The number of aryl methyl sites for hydroxylation is 1. The van der Waals surface area contributed by atoms with Crippen LogP contribution in [0.1, 0.15) is 18.2 Å². The zero-order valence-corrected chi connectivity index (χ0v) is 14.9. The highest BCUT2D eigenvalue weighted by Gasteiger charge is 2.36. The van der Waals surface area contributed by atoms with Crippen molar-refractivity contribution in [3.05, 3.63) is 41.3 Å². The van der Waals surface area contributed by atoms with E-state index in [4.69, 9.17) is 22.1 Å². The number of nitrogen functional groups attached to an aromatic ring is 1. The van der Waals surface area contributed by atoms with E-state index in [1.54, 1.807) is 4.57 Å². The number of anilines is 1. The van der Waals surface area contributed by atoms with E-state index in [2.05, 4.69) is 9.97 Å². The molecule has 3 heterocycles. The molecule has 0 unspecified atom stereocenters. The molecule has 1 aliphatic heterocycles. The summed E-state index contributed by atoms with van der Waals surface area (Å²) < 4.78 is 7.55. The molecule has 4 N–H and O–H groups in total. The van der Waals surface area contributed by atoms with Gasteiger partial charge in [-0.2, -0.15) is 0 Å². The van der Waals surface area contributed by atoms with E-state index in [9.17, 15) is 10.2 Å². The minimum absolute atomic E-state index is 0.146. The Kier molecular flexibility index (Phi) is 4.32. The van der Waals surface area contributed by atoms with Gasteiger partial charge in [-0.1, -0.05) is 17.7 Å². The Morgan fingerprint density at radius 3 is 2.88 bits per heavy atom. The van der Waals surface area contributed by atoms with Gasteiger partial charge < -0.3 is 25.3 Å². The summed E-state index contributed by atoms with van der Waals surface area (Å²) >= 11 is 6.15. The third kappa shape index (κ3) is 2.73. The van der Waals surface area contributed by atoms with Crippen molar-refractivity contribution in [1.82, 2.24) is 14.5 Å². The molecule has 8 heteroatoms. The average molecular weight is 375 g/mol. The third-order valence-corrected chi connectivity index (χ3v) is 5.17. The Balaban J connectivity index is 1.91. The monoisotopic (exact) mass is 374 g/mol. The van der Waals surface area contributed by atoms with Crippen LogP contribution in [0.25, 0.3) is 22.2 Å². The van der Waals surface area contributed by atoms with Crippen LogP contribution in [0.3, 0.4) is 0 Å². The van der Waals surface area contributed by atoms with Gasteiger partial charge in [-0.25, -0.2) is 9.97 Å². The molecule has 0 radical (unpaired) electrons. The summed E-state index contributed by atoms with van der Waals surface area (Å²) in [4.78, 5) is 8.46. The van der Waals surface area contributed by atoms with Crippen molar-refractivity contribution in [2.24, 2.45) is 0 Å². The van der Waals surface area contributed by atoms with Crippen molar-refractivity contribution in [2.45, 2.75) is 31.8 Å². The van der Waals surface area contributed by atoms with Gasteiger partial charge in [0.05, 0.1) is 18.1 Å². The molecule has 2 aromatic heterocycles. The SMILES string of the molecule is Cc1cc(-c2cn([C@@H]3O[C@H](CO)C[C@H]3O)c3ncnc(N)c23)ccc1Cl. The minimum atomic E-state index is -0.751. The summed E-state index contributed by atoms with van der Waals surface area (Å²) in [6.45, 7) is 1.79. The molecule has 136 valence electrons. The Bertz CT molecular complexity index is 974. The molecule has 0 bridgehead atoms. The molecule has 3 aromatic rings. The molecule has 0 amide bonds. The predicted molar refractivity (Wildman–Crippen MR) is 98.7 cm³/mol. The van der Waals surface area contributed by atoms with E-state index in [0.717, 1.165) is 16.7 Å². The lowest BCUT2D eigenvalue weighted by molar-refractivity contribution is -0.0483. The van der Waals surface area contributed by atoms with Crippen molar-refractivity contribution >= 4 is 28.5 Å². The van der Waals surface area contributed by atoms with Gasteiger partial charge in [-0.3, -0.25) is 0 Å². The lowest BCUT2D eigenvalue weighted by Crippen LogP contribution is -2.19. The van der Waals surface area contributed by atoms with Crippen molar-refractivity contribution in [1.29, 1.82) is 0 Å². The summed E-state index contributed by atoms with van der Waals surface area (Å²) in [5.74, 6) is 0.350. The third-order valence-electron chi connectivity index (χ3n) is 4.75. The molecule has 0 saturated carbocycles. The van der Waals surface area contributed by atoms with E-state index in [1.807, 2.05) is 31.3 Å². The lowest BCUT2D eigenvalue weighted by Gasteiger charge is -2.17. The summed E-state index contributed by atoms with van der Waals surface area (Å²) in [6, 6.07) is 5.71. The molecule has 3 atom stereocenters. The molecule has 0 spiro atoms. The maximum atomic E-state index is 10.4. The van der Waals surface area contributed by atoms with Crippen molar-refractivity contribution in [2.75, 3.05) is 12.3 Å². The fourth-order valence-electron chi connectivity index (χ4n) is 3.43. The molecule has 1 aromatic carbocycles. The van der Waals surface area contributed by atoms with E-state index in [1.165, 1.54) is 6.33 Å². The first kappa shape index (κ1) is 17.2. The van der Waals surface area contributed by atoms with Crippen LogP contribution in [0.5, 0.6) is 0 Å². The lowest BCUT2D eigenvalue weighted by atomic mass is 10.0.